The van der Waals surface area contributed by atoms with Crippen LogP contribution in [0, 0.1) is 5.92 Å². The molecule has 0 bridgehead atoms. The van der Waals surface area contributed by atoms with Crippen molar-refractivity contribution in [3.05, 3.63) is 59.7 Å². The Hall–Kier alpha value is -2.82. The minimum absolute atomic E-state index is 0.507. The van der Waals surface area contributed by atoms with Gasteiger partial charge >= 0.3 is 0 Å². The molecule has 0 atom stereocenters. The van der Waals surface area contributed by atoms with Crippen molar-refractivity contribution < 1.29 is 0 Å². The zero-order chi connectivity index (χ0) is 18.2. The molecule has 2 heterocycles. The third kappa shape index (κ3) is 3.18. The Bertz CT molecular complexity index is 1020. The van der Waals surface area contributed by atoms with Crippen LogP contribution < -0.4 is 5.32 Å². The van der Waals surface area contributed by atoms with E-state index in [4.69, 9.17) is 4.98 Å². The van der Waals surface area contributed by atoms with Crippen molar-refractivity contribution in [3.8, 4) is 0 Å². The van der Waals surface area contributed by atoms with Gasteiger partial charge in [-0.3, -0.25) is 9.97 Å². The van der Waals surface area contributed by atoms with Crippen molar-refractivity contribution in [1.82, 2.24) is 19.9 Å². The fourth-order valence-corrected chi connectivity index (χ4v) is 4.17. The number of nitrogens with one attached hydrogen (secondary N) is 1. The maximum Gasteiger partial charge on any atom is 0.223 e. The van der Waals surface area contributed by atoms with Gasteiger partial charge in [0.2, 0.25) is 5.95 Å². The Balaban J connectivity index is 1.38. The molecule has 0 amide bonds. The topological polar surface area (TPSA) is 63.6 Å². The number of hydrogen-bond donors (Lipinski definition) is 1. The van der Waals surface area contributed by atoms with Crippen LogP contribution in [0.25, 0.3) is 16.6 Å². The molecule has 0 saturated heterocycles. The standard InChI is InChI=1S/C22H23N5/c1-14-2-5-16(6-3-14)26-22-25-13-18-17(7-9-19(18)27-22)15-4-8-20-21(12-15)24-11-10-23-20/h4,7-8,10-14,16H,2-3,5-6,9H2,1H3,(H,25,26,27). The van der Waals surface area contributed by atoms with Crippen molar-refractivity contribution in [3.63, 3.8) is 0 Å². The monoisotopic (exact) mass is 357 g/mol. The fraction of sp³-hybridized carbons (Fsp3) is 0.364. The van der Waals surface area contributed by atoms with Gasteiger partial charge < -0.3 is 5.32 Å². The summed E-state index contributed by atoms with van der Waals surface area (Å²) in [5.74, 6) is 1.62. The van der Waals surface area contributed by atoms with E-state index in [1.165, 1.54) is 31.3 Å². The van der Waals surface area contributed by atoms with Crippen LogP contribution in [0.3, 0.4) is 0 Å². The van der Waals surface area contributed by atoms with E-state index in [0.717, 1.165) is 46.1 Å². The molecule has 1 fully saturated rings. The van der Waals surface area contributed by atoms with Crippen LogP contribution in [0.5, 0.6) is 0 Å². The number of anilines is 1. The van der Waals surface area contributed by atoms with Crippen LogP contribution in [0.2, 0.25) is 0 Å². The molecule has 2 aliphatic carbocycles. The normalized spacial score (nSPS) is 21.7. The summed E-state index contributed by atoms with van der Waals surface area (Å²) in [7, 11) is 0. The van der Waals surface area contributed by atoms with Gasteiger partial charge in [0.05, 0.1) is 16.7 Å². The Labute approximate surface area is 159 Å². The Morgan fingerprint density at radius 2 is 1.78 bits per heavy atom. The van der Waals surface area contributed by atoms with Gasteiger partial charge in [-0.25, -0.2) is 9.97 Å². The smallest absolute Gasteiger partial charge is 0.223 e. The average molecular weight is 357 g/mol. The molecule has 5 nitrogen and oxygen atoms in total. The summed E-state index contributed by atoms with van der Waals surface area (Å²) in [5.41, 5.74) is 6.39. The summed E-state index contributed by atoms with van der Waals surface area (Å²) in [6.07, 6.45) is 13.5. The molecule has 136 valence electrons. The SMILES string of the molecule is CC1CCC(Nc2ncc3c(n2)CC=C3c2ccc3nccnc3c2)CC1. The summed E-state index contributed by atoms with van der Waals surface area (Å²) in [6, 6.07) is 6.73. The Kier molecular flexibility index (Phi) is 4.07. The van der Waals surface area contributed by atoms with Gasteiger partial charge in [0.25, 0.3) is 0 Å². The summed E-state index contributed by atoms with van der Waals surface area (Å²) >= 11 is 0. The first kappa shape index (κ1) is 16.4. The molecule has 0 aliphatic heterocycles. The lowest BCUT2D eigenvalue weighted by Crippen LogP contribution is -2.26. The second-order valence-electron chi connectivity index (χ2n) is 7.74. The molecule has 1 aromatic carbocycles. The molecule has 0 unspecified atom stereocenters. The van der Waals surface area contributed by atoms with Crippen LogP contribution >= 0.6 is 0 Å². The van der Waals surface area contributed by atoms with Crippen molar-refractivity contribution >= 4 is 22.6 Å². The molecule has 5 rings (SSSR count). The molecule has 5 heteroatoms. The number of fused-ring (bicyclic) bond motifs is 2. The number of rotatable bonds is 3. The molecule has 2 aliphatic rings. The zero-order valence-electron chi connectivity index (χ0n) is 15.5. The highest BCUT2D eigenvalue weighted by atomic mass is 15.1. The highest BCUT2D eigenvalue weighted by Crippen LogP contribution is 2.33. The predicted molar refractivity (Wildman–Crippen MR) is 107 cm³/mol. The summed E-state index contributed by atoms with van der Waals surface area (Å²) in [5, 5.41) is 3.55. The van der Waals surface area contributed by atoms with Crippen molar-refractivity contribution in [1.29, 1.82) is 0 Å². The van der Waals surface area contributed by atoms with Gasteiger partial charge in [-0.15, -0.1) is 0 Å². The maximum absolute atomic E-state index is 4.80. The number of benzene rings is 1. The molecule has 1 N–H and O–H groups in total. The van der Waals surface area contributed by atoms with Gasteiger partial charge in [0.1, 0.15) is 0 Å². The first-order chi connectivity index (χ1) is 13.3. The van der Waals surface area contributed by atoms with Crippen LogP contribution in [0.1, 0.15) is 49.4 Å². The van der Waals surface area contributed by atoms with Gasteiger partial charge in [0, 0.05) is 36.6 Å². The molecule has 2 aromatic heterocycles. The minimum atomic E-state index is 0.507. The van der Waals surface area contributed by atoms with E-state index in [9.17, 15) is 0 Å². The van der Waals surface area contributed by atoms with Gasteiger partial charge in [0.15, 0.2) is 0 Å². The lowest BCUT2D eigenvalue weighted by atomic mass is 9.87. The number of hydrogen-bond acceptors (Lipinski definition) is 5. The fourth-order valence-electron chi connectivity index (χ4n) is 4.17. The lowest BCUT2D eigenvalue weighted by Gasteiger charge is -2.27. The summed E-state index contributed by atoms with van der Waals surface area (Å²) < 4.78 is 0. The third-order valence-electron chi connectivity index (χ3n) is 5.79. The molecular formula is C22H23N5. The van der Waals surface area contributed by atoms with Gasteiger partial charge in [-0.1, -0.05) is 19.1 Å². The quantitative estimate of drug-likeness (QED) is 0.753. The first-order valence-electron chi connectivity index (χ1n) is 9.80. The van der Waals surface area contributed by atoms with Crippen molar-refractivity contribution in [2.45, 2.75) is 45.1 Å². The van der Waals surface area contributed by atoms with E-state index < -0.39 is 0 Å². The maximum atomic E-state index is 4.80. The van der Waals surface area contributed by atoms with E-state index >= 15 is 0 Å². The molecule has 27 heavy (non-hydrogen) atoms. The van der Waals surface area contributed by atoms with E-state index in [-0.39, 0.29) is 0 Å². The van der Waals surface area contributed by atoms with Crippen LogP contribution in [0.4, 0.5) is 5.95 Å². The van der Waals surface area contributed by atoms with Gasteiger partial charge in [-0.05, 0) is 54.9 Å². The Morgan fingerprint density at radius 1 is 0.963 bits per heavy atom. The third-order valence-corrected chi connectivity index (χ3v) is 5.79. The molecule has 0 spiro atoms. The number of allylic oxidation sites excluding steroid dienone is 1. The summed E-state index contributed by atoms with van der Waals surface area (Å²) in [4.78, 5) is 18.2. The number of nitrogens with zero attached hydrogens (tertiary/aromatic N) is 4. The van der Waals surface area contributed by atoms with E-state index in [1.54, 1.807) is 12.4 Å². The minimum Gasteiger partial charge on any atom is -0.351 e. The summed E-state index contributed by atoms with van der Waals surface area (Å²) in [6.45, 7) is 2.34. The van der Waals surface area contributed by atoms with E-state index in [2.05, 4.69) is 45.4 Å². The second kappa shape index (κ2) is 6.72. The van der Waals surface area contributed by atoms with Crippen molar-refractivity contribution in [2.75, 3.05) is 5.32 Å². The van der Waals surface area contributed by atoms with Crippen LogP contribution in [-0.4, -0.2) is 26.0 Å². The molecular weight excluding hydrogens is 334 g/mol. The molecule has 0 radical (unpaired) electrons. The van der Waals surface area contributed by atoms with Crippen molar-refractivity contribution in [2.24, 2.45) is 5.92 Å². The Morgan fingerprint density at radius 3 is 2.63 bits per heavy atom. The van der Waals surface area contributed by atoms with Crippen LogP contribution in [0.15, 0.2) is 42.9 Å². The average Bonchev–Trinajstić information content (AvgIpc) is 3.12. The largest absolute Gasteiger partial charge is 0.351 e. The van der Waals surface area contributed by atoms with E-state index in [0.29, 0.717) is 6.04 Å². The predicted octanol–water partition coefficient (Wildman–Crippen LogP) is 4.40. The number of aromatic nitrogens is 4. The van der Waals surface area contributed by atoms with E-state index in [1.807, 2.05) is 12.3 Å². The highest BCUT2D eigenvalue weighted by Gasteiger charge is 2.21. The highest BCUT2D eigenvalue weighted by molar-refractivity contribution is 5.88. The molecule has 3 aromatic rings. The van der Waals surface area contributed by atoms with Crippen LogP contribution in [-0.2, 0) is 6.42 Å². The second-order valence-corrected chi connectivity index (χ2v) is 7.74. The van der Waals surface area contributed by atoms with Gasteiger partial charge in [-0.2, -0.15) is 0 Å². The first-order valence-corrected chi connectivity index (χ1v) is 9.80. The zero-order valence-corrected chi connectivity index (χ0v) is 15.5. The lowest BCUT2D eigenvalue weighted by molar-refractivity contribution is 0.360. The molecule has 1 saturated carbocycles.